The van der Waals surface area contributed by atoms with Crippen molar-refractivity contribution in [1.82, 2.24) is 4.98 Å². The molecule has 0 amide bonds. The molecule has 1 heterocycles. The van der Waals surface area contributed by atoms with Crippen LogP contribution in [0.5, 0.6) is 0 Å². The maximum absolute atomic E-state index is 12.2. The van der Waals surface area contributed by atoms with E-state index in [1.807, 2.05) is 0 Å². The van der Waals surface area contributed by atoms with Crippen LogP contribution in [0.1, 0.15) is 0 Å². The fraction of sp³-hybridized carbons (Fsp3) is 0.0833. The molecule has 0 atom stereocenters. The molecule has 1 N–H and O–H groups in total. The molecule has 0 saturated heterocycles. The van der Waals surface area contributed by atoms with Gasteiger partial charge in [0.15, 0.2) is 9.84 Å². The lowest BCUT2D eigenvalue weighted by molar-refractivity contribution is 0.600. The average Bonchev–Trinajstić information content (AvgIpc) is 2.38. The van der Waals surface area contributed by atoms with Gasteiger partial charge in [0.25, 0.3) is 10.0 Å². The summed E-state index contributed by atoms with van der Waals surface area (Å²) < 4.78 is 49.3. The molecule has 2 rings (SSSR count). The predicted molar refractivity (Wildman–Crippen MR) is 79.6 cm³/mol. The Hall–Kier alpha value is -1.64. The van der Waals surface area contributed by atoms with Crippen LogP contribution in [0.25, 0.3) is 0 Å². The fourth-order valence-electron chi connectivity index (χ4n) is 1.54. The molecular formula is C12H11ClN2O4S2. The number of sulfone groups is 1. The number of rotatable bonds is 4. The van der Waals surface area contributed by atoms with Gasteiger partial charge in [-0.3, -0.25) is 9.71 Å². The van der Waals surface area contributed by atoms with Crippen molar-refractivity contribution in [2.45, 2.75) is 9.79 Å². The zero-order chi connectivity index (χ0) is 15.7. The highest BCUT2D eigenvalue weighted by Crippen LogP contribution is 2.23. The lowest BCUT2D eigenvalue weighted by Gasteiger charge is -2.09. The summed E-state index contributed by atoms with van der Waals surface area (Å²) in [6, 6.07) is 6.72. The first-order valence-electron chi connectivity index (χ1n) is 5.62. The number of hydrogen-bond donors (Lipinski definition) is 1. The fourth-order valence-corrected chi connectivity index (χ4v) is 3.66. The van der Waals surface area contributed by atoms with Crippen molar-refractivity contribution in [1.29, 1.82) is 0 Å². The molecule has 0 fully saturated rings. The minimum Gasteiger partial charge on any atom is -0.280 e. The van der Waals surface area contributed by atoms with Crippen LogP contribution < -0.4 is 4.72 Å². The predicted octanol–water partition coefficient (Wildman–Crippen LogP) is 1.94. The Balaban J connectivity index is 2.32. The first kappa shape index (κ1) is 15.7. The molecule has 0 radical (unpaired) electrons. The second-order valence-electron chi connectivity index (χ2n) is 4.21. The van der Waals surface area contributed by atoms with Gasteiger partial charge in [-0.1, -0.05) is 11.6 Å². The Bertz CT molecular complexity index is 862. The maximum atomic E-state index is 12.2. The summed E-state index contributed by atoms with van der Waals surface area (Å²) in [5.41, 5.74) is 0.224. The third kappa shape index (κ3) is 3.72. The molecule has 0 saturated carbocycles. The van der Waals surface area contributed by atoms with Crippen molar-refractivity contribution in [2.75, 3.05) is 11.0 Å². The van der Waals surface area contributed by atoms with Crippen LogP contribution in [0.4, 0.5) is 5.69 Å². The van der Waals surface area contributed by atoms with E-state index in [1.165, 1.54) is 36.5 Å². The molecule has 21 heavy (non-hydrogen) atoms. The third-order valence-electron chi connectivity index (χ3n) is 2.56. The van der Waals surface area contributed by atoms with Crippen LogP contribution >= 0.6 is 11.6 Å². The summed E-state index contributed by atoms with van der Waals surface area (Å²) >= 11 is 5.82. The zero-order valence-electron chi connectivity index (χ0n) is 10.8. The highest BCUT2D eigenvalue weighted by Gasteiger charge is 2.18. The molecule has 0 unspecified atom stereocenters. The molecule has 0 aliphatic heterocycles. The van der Waals surface area contributed by atoms with E-state index in [2.05, 4.69) is 9.71 Å². The Morgan fingerprint density at radius 2 is 1.67 bits per heavy atom. The molecule has 2 aromatic rings. The molecule has 0 bridgehead atoms. The Labute approximate surface area is 127 Å². The van der Waals surface area contributed by atoms with Crippen molar-refractivity contribution >= 4 is 37.1 Å². The van der Waals surface area contributed by atoms with E-state index in [-0.39, 0.29) is 20.5 Å². The monoisotopic (exact) mass is 346 g/mol. The van der Waals surface area contributed by atoms with Gasteiger partial charge in [-0.25, -0.2) is 16.8 Å². The van der Waals surface area contributed by atoms with Crippen molar-refractivity contribution in [3.05, 3.63) is 47.7 Å². The number of anilines is 1. The normalized spacial score (nSPS) is 12.1. The summed E-state index contributed by atoms with van der Waals surface area (Å²) in [7, 11) is -7.22. The van der Waals surface area contributed by atoms with E-state index >= 15 is 0 Å². The number of nitrogens with one attached hydrogen (secondary N) is 1. The second-order valence-corrected chi connectivity index (χ2v) is 8.28. The minimum absolute atomic E-state index is 0.0465. The Morgan fingerprint density at radius 1 is 1.05 bits per heavy atom. The van der Waals surface area contributed by atoms with Gasteiger partial charge < -0.3 is 0 Å². The molecule has 0 spiro atoms. The number of hydrogen-bond acceptors (Lipinski definition) is 5. The first-order valence-corrected chi connectivity index (χ1v) is 9.38. The van der Waals surface area contributed by atoms with Crippen LogP contribution in [0, 0.1) is 0 Å². The van der Waals surface area contributed by atoms with Crippen LogP contribution in [-0.4, -0.2) is 28.1 Å². The van der Waals surface area contributed by atoms with Crippen LogP contribution in [0.15, 0.2) is 52.5 Å². The van der Waals surface area contributed by atoms with E-state index in [1.54, 1.807) is 0 Å². The topological polar surface area (TPSA) is 93.2 Å². The summed E-state index contributed by atoms with van der Waals surface area (Å²) in [6.07, 6.45) is 3.58. The Kier molecular flexibility index (Phi) is 4.22. The minimum atomic E-state index is -3.89. The van der Waals surface area contributed by atoms with E-state index in [4.69, 9.17) is 11.6 Å². The zero-order valence-corrected chi connectivity index (χ0v) is 13.2. The van der Waals surface area contributed by atoms with Gasteiger partial charge in [-0.2, -0.15) is 0 Å². The van der Waals surface area contributed by atoms with E-state index in [0.717, 1.165) is 12.5 Å². The number of sulfonamides is 1. The van der Waals surface area contributed by atoms with Gasteiger partial charge in [-0.05, 0) is 30.3 Å². The van der Waals surface area contributed by atoms with Crippen molar-refractivity contribution in [2.24, 2.45) is 0 Å². The van der Waals surface area contributed by atoms with Crippen LogP contribution in [-0.2, 0) is 19.9 Å². The second kappa shape index (κ2) is 5.63. The number of nitrogens with zero attached hydrogens (tertiary/aromatic N) is 1. The third-order valence-corrected chi connectivity index (χ3v) is 5.54. The highest BCUT2D eigenvalue weighted by molar-refractivity contribution is 7.92. The molecule has 6 nitrogen and oxygen atoms in total. The van der Waals surface area contributed by atoms with Crippen LogP contribution in [0.2, 0.25) is 5.02 Å². The first-order chi connectivity index (χ1) is 9.70. The highest BCUT2D eigenvalue weighted by atomic mass is 35.5. The lowest BCUT2D eigenvalue weighted by Crippen LogP contribution is -2.13. The van der Waals surface area contributed by atoms with E-state index in [9.17, 15) is 16.8 Å². The number of halogens is 1. The van der Waals surface area contributed by atoms with Gasteiger partial charge in [0.05, 0.1) is 9.92 Å². The van der Waals surface area contributed by atoms with Gasteiger partial charge in [0, 0.05) is 24.3 Å². The molecular weight excluding hydrogens is 336 g/mol. The molecule has 0 aliphatic carbocycles. The number of benzene rings is 1. The quantitative estimate of drug-likeness (QED) is 0.913. The summed E-state index contributed by atoms with van der Waals surface area (Å²) in [5, 5.41) is 0.0465. The van der Waals surface area contributed by atoms with Gasteiger partial charge >= 0.3 is 0 Å². The van der Waals surface area contributed by atoms with Crippen LogP contribution in [0.3, 0.4) is 0 Å². The Morgan fingerprint density at radius 3 is 2.19 bits per heavy atom. The SMILES string of the molecule is CS(=O)(=O)c1ccc(NS(=O)(=O)c2cnccc2Cl)cc1. The largest absolute Gasteiger partial charge is 0.280 e. The lowest BCUT2D eigenvalue weighted by atomic mass is 10.3. The molecule has 9 heteroatoms. The van der Waals surface area contributed by atoms with Crippen molar-refractivity contribution in [3.63, 3.8) is 0 Å². The van der Waals surface area contributed by atoms with Gasteiger partial charge in [0.2, 0.25) is 0 Å². The average molecular weight is 347 g/mol. The van der Waals surface area contributed by atoms with Gasteiger partial charge in [-0.15, -0.1) is 0 Å². The standard InChI is InChI=1S/C12H11ClN2O4S2/c1-20(16,17)10-4-2-9(3-5-10)15-21(18,19)12-8-14-7-6-11(12)13/h2-8,15H,1H3. The summed E-state index contributed by atoms with van der Waals surface area (Å²) in [6.45, 7) is 0. The molecule has 112 valence electrons. The molecule has 1 aromatic carbocycles. The van der Waals surface area contributed by atoms with Crippen molar-refractivity contribution in [3.8, 4) is 0 Å². The van der Waals surface area contributed by atoms with Gasteiger partial charge in [0.1, 0.15) is 4.90 Å². The summed E-state index contributed by atoms with van der Waals surface area (Å²) in [5.74, 6) is 0. The smallest absolute Gasteiger partial charge is 0.264 e. The summed E-state index contributed by atoms with van der Waals surface area (Å²) in [4.78, 5) is 3.66. The number of pyridine rings is 1. The van der Waals surface area contributed by atoms with E-state index in [0.29, 0.717) is 0 Å². The van der Waals surface area contributed by atoms with Crippen molar-refractivity contribution < 1.29 is 16.8 Å². The molecule has 1 aromatic heterocycles. The number of aromatic nitrogens is 1. The maximum Gasteiger partial charge on any atom is 0.264 e. The van der Waals surface area contributed by atoms with E-state index < -0.39 is 19.9 Å². The molecule has 0 aliphatic rings.